The summed E-state index contributed by atoms with van der Waals surface area (Å²) in [6, 6.07) is 0. The first-order chi connectivity index (χ1) is 18.0. The van der Waals surface area contributed by atoms with Crippen LogP contribution >= 0.6 is 0 Å². The Hall–Kier alpha value is -1.97. The Morgan fingerprint density at radius 3 is 2.63 bits per heavy atom. The maximum atomic E-state index is 13.0. The van der Waals surface area contributed by atoms with Crippen LogP contribution in [0.4, 0.5) is 0 Å². The van der Waals surface area contributed by atoms with E-state index in [0.29, 0.717) is 30.6 Å². The average Bonchev–Trinajstić information content (AvgIpc) is 3.47. The van der Waals surface area contributed by atoms with Crippen LogP contribution in [0, 0.1) is 29.6 Å². The maximum Gasteiger partial charge on any atom is 0.334 e. The lowest BCUT2D eigenvalue weighted by molar-refractivity contribution is -0.166. The van der Waals surface area contributed by atoms with Gasteiger partial charge in [0.05, 0.1) is 24.4 Å². The van der Waals surface area contributed by atoms with Gasteiger partial charge in [-0.05, 0) is 44.6 Å². The molecule has 13 atom stereocenters. The lowest BCUT2D eigenvalue weighted by Gasteiger charge is -2.53. The number of hydrogen-bond acceptors (Lipinski definition) is 8. The molecule has 5 aliphatic rings. The van der Waals surface area contributed by atoms with Crippen molar-refractivity contribution >= 4 is 5.97 Å². The van der Waals surface area contributed by atoms with Crippen molar-refractivity contribution in [2.45, 2.75) is 95.3 Å². The second kappa shape index (κ2) is 10.2. The van der Waals surface area contributed by atoms with Crippen LogP contribution in [-0.2, 0) is 23.7 Å². The first-order valence-electron chi connectivity index (χ1n) is 13.9. The molecule has 4 bridgehead atoms. The third kappa shape index (κ3) is 4.20. The monoisotopic (exact) mass is 530 g/mol. The molecular weight excluding hydrogens is 488 g/mol. The lowest BCUT2D eigenvalue weighted by Crippen LogP contribution is -2.61. The largest absolute Gasteiger partial charge is 0.489 e. The second-order valence-electron chi connectivity index (χ2n) is 12.0. The van der Waals surface area contributed by atoms with Gasteiger partial charge in [0.2, 0.25) is 0 Å². The molecule has 3 N–H and O–H groups in total. The van der Waals surface area contributed by atoms with E-state index in [0.717, 1.165) is 5.57 Å². The lowest BCUT2D eigenvalue weighted by atomic mass is 9.54. The zero-order valence-electron chi connectivity index (χ0n) is 22.9. The number of carbonyl (C=O) groups is 1. The summed E-state index contributed by atoms with van der Waals surface area (Å²) in [5.41, 5.74) is 0.464. The van der Waals surface area contributed by atoms with E-state index in [2.05, 4.69) is 6.58 Å². The zero-order chi connectivity index (χ0) is 27.5. The van der Waals surface area contributed by atoms with Gasteiger partial charge in [-0.15, -0.1) is 0 Å². The van der Waals surface area contributed by atoms with Gasteiger partial charge in [-0.25, -0.2) is 4.79 Å². The van der Waals surface area contributed by atoms with Crippen molar-refractivity contribution in [3.05, 3.63) is 47.8 Å². The summed E-state index contributed by atoms with van der Waals surface area (Å²) >= 11 is 0. The van der Waals surface area contributed by atoms with Crippen molar-refractivity contribution in [3.63, 3.8) is 0 Å². The Balaban J connectivity index is 1.59. The second-order valence-corrected chi connectivity index (χ2v) is 12.0. The van der Waals surface area contributed by atoms with Crippen LogP contribution in [0.15, 0.2) is 47.8 Å². The van der Waals surface area contributed by atoms with Gasteiger partial charge in [0, 0.05) is 36.4 Å². The van der Waals surface area contributed by atoms with Crippen molar-refractivity contribution in [1.29, 1.82) is 0 Å². The number of carbonyl (C=O) groups excluding carboxylic acids is 1. The average molecular weight is 531 g/mol. The Labute approximate surface area is 225 Å². The highest BCUT2D eigenvalue weighted by molar-refractivity contribution is 5.90. The third-order valence-electron chi connectivity index (χ3n) is 9.79. The Morgan fingerprint density at radius 1 is 1.26 bits per heavy atom. The van der Waals surface area contributed by atoms with E-state index < -0.39 is 60.2 Å². The molecule has 0 radical (unpaired) electrons. The van der Waals surface area contributed by atoms with Crippen molar-refractivity contribution in [1.82, 2.24) is 0 Å². The normalized spacial score (nSPS) is 48.3. The molecule has 0 aromatic carbocycles. The molecule has 2 heterocycles. The SMILES string of the molecule is C=C1O[C@H]([C@@H](C)O)[C@H](C)/C=C(\C)[C@]23O[C@@H]4[C@H](C[C@@H](O)[C@@H]2C[C@@H]1OC)[C@H]3[C@H](O)[C@@H](C)[C@H]4OC(=O)C1=CC=CC1. The van der Waals surface area contributed by atoms with Crippen LogP contribution in [-0.4, -0.2) is 76.7 Å². The fourth-order valence-corrected chi connectivity index (χ4v) is 7.95. The molecule has 1 spiro atoms. The molecule has 0 aromatic rings. The third-order valence-corrected chi connectivity index (χ3v) is 9.79. The summed E-state index contributed by atoms with van der Waals surface area (Å²) in [5.74, 6) is -1.46. The van der Waals surface area contributed by atoms with Crippen LogP contribution in [0.3, 0.4) is 0 Å². The summed E-state index contributed by atoms with van der Waals surface area (Å²) in [6.07, 6.45) is 4.34. The van der Waals surface area contributed by atoms with Crippen molar-refractivity contribution < 1.29 is 39.1 Å². The first-order valence-corrected chi connectivity index (χ1v) is 13.9. The number of aliphatic hydroxyl groups excluding tert-OH is 3. The van der Waals surface area contributed by atoms with Crippen molar-refractivity contribution in [2.24, 2.45) is 29.6 Å². The fraction of sp³-hybridized carbons (Fsp3) is 0.700. The zero-order valence-corrected chi connectivity index (χ0v) is 22.9. The maximum absolute atomic E-state index is 13.0. The minimum atomic E-state index is -0.998. The van der Waals surface area contributed by atoms with Crippen molar-refractivity contribution in [3.8, 4) is 0 Å². The highest BCUT2D eigenvalue weighted by atomic mass is 16.6. The molecule has 3 aliphatic carbocycles. The van der Waals surface area contributed by atoms with Crippen LogP contribution < -0.4 is 0 Å². The minimum Gasteiger partial charge on any atom is -0.489 e. The van der Waals surface area contributed by atoms with E-state index in [9.17, 15) is 20.1 Å². The first kappa shape index (κ1) is 27.6. The minimum absolute atomic E-state index is 0.185. The van der Waals surface area contributed by atoms with Gasteiger partial charge >= 0.3 is 5.97 Å². The number of hydrogen-bond donors (Lipinski definition) is 3. The summed E-state index contributed by atoms with van der Waals surface area (Å²) < 4.78 is 25.0. The van der Waals surface area contributed by atoms with E-state index in [4.69, 9.17) is 18.9 Å². The fourth-order valence-electron chi connectivity index (χ4n) is 7.95. The number of aliphatic hydroxyl groups is 3. The summed E-state index contributed by atoms with van der Waals surface area (Å²) in [5, 5.41) is 33.9. The molecule has 1 saturated heterocycles. The number of methoxy groups -OCH3 is 1. The number of ether oxygens (including phenoxy) is 4. The molecule has 0 aromatic heterocycles. The van der Waals surface area contributed by atoms with E-state index in [1.807, 2.05) is 39.0 Å². The van der Waals surface area contributed by atoms with Crippen LogP contribution in [0.2, 0.25) is 0 Å². The van der Waals surface area contributed by atoms with Crippen LogP contribution in [0.25, 0.3) is 0 Å². The predicted molar refractivity (Wildman–Crippen MR) is 140 cm³/mol. The molecule has 8 nitrogen and oxygen atoms in total. The molecule has 3 fully saturated rings. The number of rotatable bonds is 4. The van der Waals surface area contributed by atoms with Gasteiger partial charge < -0.3 is 34.3 Å². The summed E-state index contributed by atoms with van der Waals surface area (Å²) in [6.45, 7) is 11.6. The standard InChI is InChI=1S/C30H42O8/c1-14-11-15(2)30-21(13-23(35-6)18(5)36-26(14)17(4)31)22(32)12-20-24(30)25(33)16(3)27(28(20)38-30)37-29(34)19-9-7-8-10-19/h7-9,11,14,16-17,20-28,31-33H,5,10,12-13H2,1-4,6H3/b15-11+/t14-,16-,17-,20-,21+,22-,23+,24+,25-,26+,27-,28-,30+/m1/s1. The van der Waals surface area contributed by atoms with E-state index in [-0.39, 0.29) is 23.7 Å². The van der Waals surface area contributed by atoms with Gasteiger partial charge in [0.1, 0.15) is 29.7 Å². The van der Waals surface area contributed by atoms with Crippen LogP contribution in [0.1, 0.15) is 47.0 Å². The molecule has 38 heavy (non-hydrogen) atoms. The molecular formula is C30H42O8. The Morgan fingerprint density at radius 2 is 2.00 bits per heavy atom. The van der Waals surface area contributed by atoms with Gasteiger partial charge in [0.25, 0.3) is 0 Å². The topological polar surface area (TPSA) is 115 Å². The quantitative estimate of drug-likeness (QED) is 0.376. The predicted octanol–water partition coefficient (Wildman–Crippen LogP) is 2.83. The van der Waals surface area contributed by atoms with E-state index in [1.54, 1.807) is 20.1 Å². The van der Waals surface area contributed by atoms with Gasteiger partial charge in [-0.3, -0.25) is 0 Å². The van der Waals surface area contributed by atoms with E-state index >= 15 is 0 Å². The number of esters is 1. The van der Waals surface area contributed by atoms with Gasteiger partial charge in [-0.2, -0.15) is 0 Å². The van der Waals surface area contributed by atoms with Gasteiger partial charge in [0.15, 0.2) is 0 Å². The molecule has 0 amide bonds. The highest BCUT2D eigenvalue weighted by Gasteiger charge is 2.71. The molecule has 5 rings (SSSR count). The molecule has 2 saturated carbocycles. The van der Waals surface area contributed by atoms with E-state index in [1.165, 1.54) is 0 Å². The Bertz CT molecular complexity index is 1040. The highest BCUT2D eigenvalue weighted by Crippen LogP contribution is 2.63. The molecule has 2 aliphatic heterocycles. The van der Waals surface area contributed by atoms with Gasteiger partial charge in [-0.1, -0.05) is 44.7 Å². The molecule has 8 heteroatoms. The molecule has 210 valence electrons. The van der Waals surface area contributed by atoms with Crippen molar-refractivity contribution in [2.75, 3.05) is 7.11 Å². The Kier molecular flexibility index (Phi) is 7.41. The summed E-state index contributed by atoms with van der Waals surface area (Å²) in [7, 11) is 1.58. The smallest absolute Gasteiger partial charge is 0.334 e. The molecule has 0 unspecified atom stereocenters. The van der Waals surface area contributed by atoms with Crippen LogP contribution in [0.5, 0.6) is 0 Å². The number of allylic oxidation sites excluding steroid dienone is 3. The summed E-state index contributed by atoms with van der Waals surface area (Å²) in [4.78, 5) is 13.0.